The summed E-state index contributed by atoms with van der Waals surface area (Å²) in [6.07, 6.45) is 1.93. The summed E-state index contributed by atoms with van der Waals surface area (Å²) in [7, 11) is 0. The van der Waals surface area contributed by atoms with Crippen molar-refractivity contribution < 1.29 is 5.11 Å². The van der Waals surface area contributed by atoms with Gasteiger partial charge >= 0.3 is 0 Å². The second-order valence-corrected chi connectivity index (χ2v) is 4.70. The Hall–Kier alpha value is -0.580. The SMILES string of the molecule is OCC1CCN(c2cc(Cl)nnc2Cl)CC1. The van der Waals surface area contributed by atoms with Crippen LogP contribution in [0.5, 0.6) is 0 Å². The first-order valence-corrected chi connectivity index (χ1v) is 6.01. The minimum absolute atomic E-state index is 0.261. The minimum atomic E-state index is 0.261. The molecule has 4 nitrogen and oxygen atoms in total. The van der Waals surface area contributed by atoms with E-state index in [-0.39, 0.29) is 6.61 Å². The Kier molecular flexibility index (Phi) is 3.84. The molecule has 1 aromatic rings. The Morgan fingerprint density at radius 3 is 2.62 bits per heavy atom. The zero-order valence-electron chi connectivity index (χ0n) is 8.74. The Morgan fingerprint density at radius 2 is 2.00 bits per heavy atom. The van der Waals surface area contributed by atoms with Gasteiger partial charge in [-0.3, -0.25) is 0 Å². The van der Waals surface area contributed by atoms with Gasteiger partial charge in [-0.05, 0) is 18.8 Å². The first-order chi connectivity index (χ1) is 7.70. The monoisotopic (exact) mass is 261 g/mol. The largest absolute Gasteiger partial charge is 0.396 e. The summed E-state index contributed by atoms with van der Waals surface area (Å²) in [5.74, 6) is 0.403. The Morgan fingerprint density at radius 1 is 1.31 bits per heavy atom. The number of halogens is 2. The molecule has 1 aliphatic rings. The molecule has 1 fully saturated rings. The van der Waals surface area contributed by atoms with Gasteiger partial charge in [0.25, 0.3) is 0 Å². The van der Waals surface area contributed by atoms with Crippen molar-refractivity contribution in [2.24, 2.45) is 5.92 Å². The molecule has 1 saturated heterocycles. The lowest BCUT2D eigenvalue weighted by Crippen LogP contribution is -2.35. The van der Waals surface area contributed by atoms with Crippen LogP contribution >= 0.6 is 23.2 Å². The molecule has 0 unspecified atom stereocenters. The second-order valence-electron chi connectivity index (χ2n) is 3.96. The minimum Gasteiger partial charge on any atom is -0.396 e. The van der Waals surface area contributed by atoms with E-state index in [1.54, 1.807) is 6.07 Å². The third-order valence-corrected chi connectivity index (χ3v) is 3.37. The summed E-state index contributed by atoms with van der Waals surface area (Å²) in [5, 5.41) is 17.3. The molecule has 2 heterocycles. The van der Waals surface area contributed by atoms with Crippen molar-refractivity contribution in [3.05, 3.63) is 16.4 Å². The van der Waals surface area contributed by atoms with Gasteiger partial charge in [0.15, 0.2) is 10.3 Å². The first-order valence-electron chi connectivity index (χ1n) is 5.25. The van der Waals surface area contributed by atoms with E-state index in [0.29, 0.717) is 16.2 Å². The third-order valence-electron chi connectivity index (χ3n) is 2.91. The van der Waals surface area contributed by atoms with Crippen LogP contribution < -0.4 is 4.90 Å². The maximum Gasteiger partial charge on any atom is 0.175 e. The Balaban J connectivity index is 2.10. The van der Waals surface area contributed by atoms with E-state index in [0.717, 1.165) is 31.6 Å². The summed E-state index contributed by atoms with van der Waals surface area (Å²) in [6.45, 7) is 2.00. The maximum absolute atomic E-state index is 9.06. The zero-order chi connectivity index (χ0) is 11.5. The van der Waals surface area contributed by atoms with E-state index >= 15 is 0 Å². The van der Waals surface area contributed by atoms with E-state index < -0.39 is 0 Å². The average Bonchev–Trinajstić information content (AvgIpc) is 2.32. The molecular weight excluding hydrogens is 249 g/mol. The van der Waals surface area contributed by atoms with Crippen LogP contribution in [-0.4, -0.2) is 35.0 Å². The predicted molar refractivity (Wildman–Crippen MR) is 64.1 cm³/mol. The average molecular weight is 262 g/mol. The molecule has 88 valence electrons. The van der Waals surface area contributed by atoms with Gasteiger partial charge < -0.3 is 10.0 Å². The third kappa shape index (κ3) is 2.56. The summed E-state index contributed by atoms with van der Waals surface area (Å²) >= 11 is 11.8. The van der Waals surface area contributed by atoms with E-state index in [2.05, 4.69) is 15.1 Å². The summed E-state index contributed by atoms with van der Waals surface area (Å²) in [4.78, 5) is 2.13. The number of piperidine rings is 1. The summed E-state index contributed by atoms with van der Waals surface area (Å²) < 4.78 is 0. The molecule has 6 heteroatoms. The highest BCUT2D eigenvalue weighted by Crippen LogP contribution is 2.29. The van der Waals surface area contributed by atoms with Gasteiger partial charge in [0.1, 0.15) is 0 Å². The van der Waals surface area contributed by atoms with Crippen LogP contribution in [0.2, 0.25) is 10.3 Å². The van der Waals surface area contributed by atoms with Crippen molar-refractivity contribution >= 4 is 28.9 Å². The van der Waals surface area contributed by atoms with Gasteiger partial charge in [-0.25, -0.2) is 0 Å². The molecule has 0 amide bonds. The lowest BCUT2D eigenvalue weighted by atomic mass is 9.98. The predicted octanol–water partition coefficient (Wildman–Crippen LogP) is 1.99. The fraction of sp³-hybridized carbons (Fsp3) is 0.600. The van der Waals surface area contributed by atoms with Crippen molar-refractivity contribution in [3.8, 4) is 0 Å². The lowest BCUT2D eigenvalue weighted by Gasteiger charge is -2.32. The normalized spacial score (nSPS) is 17.8. The molecule has 1 aliphatic heterocycles. The number of nitrogens with zero attached hydrogens (tertiary/aromatic N) is 3. The van der Waals surface area contributed by atoms with E-state index in [4.69, 9.17) is 28.3 Å². The number of hydrogen-bond donors (Lipinski definition) is 1. The fourth-order valence-corrected chi connectivity index (χ4v) is 2.28. The number of aliphatic hydroxyl groups is 1. The molecule has 0 aliphatic carbocycles. The molecule has 1 aromatic heterocycles. The molecular formula is C10H13Cl2N3O. The number of hydrogen-bond acceptors (Lipinski definition) is 4. The number of aromatic nitrogens is 2. The summed E-state index contributed by atoms with van der Waals surface area (Å²) in [5.41, 5.74) is 0.832. The van der Waals surface area contributed by atoms with Gasteiger partial charge in [0.2, 0.25) is 0 Å². The van der Waals surface area contributed by atoms with Crippen LogP contribution in [0, 0.1) is 5.92 Å². The lowest BCUT2D eigenvalue weighted by molar-refractivity contribution is 0.203. The van der Waals surface area contributed by atoms with Crippen LogP contribution in [0.4, 0.5) is 5.69 Å². The molecule has 0 radical (unpaired) electrons. The van der Waals surface area contributed by atoms with E-state index in [1.807, 2.05) is 0 Å². The molecule has 2 rings (SSSR count). The van der Waals surface area contributed by atoms with Crippen LogP contribution in [-0.2, 0) is 0 Å². The van der Waals surface area contributed by atoms with Crippen molar-refractivity contribution in [3.63, 3.8) is 0 Å². The van der Waals surface area contributed by atoms with Crippen molar-refractivity contribution in [1.82, 2.24) is 10.2 Å². The first kappa shape index (κ1) is 11.9. The maximum atomic E-state index is 9.06. The summed E-state index contributed by atoms with van der Waals surface area (Å²) in [6, 6.07) is 1.73. The van der Waals surface area contributed by atoms with Gasteiger partial charge in [-0.1, -0.05) is 23.2 Å². The van der Waals surface area contributed by atoms with Crippen molar-refractivity contribution in [2.45, 2.75) is 12.8 Å². The van der Waals surface area contributed by atoms with Crippen LogP contribution in [0.3, 0.4) is 0 Å². The molecule has 0 atom stereocenters. The Bertz CT molecular complexity index is 367. The highest BCUT2D eigenvalue weighted by molar-refractivity contribution is 6.33. The van der Waals surface area contributed by atoms with Crippen molar-refractivity contribution in [1.29, 1.82) is 0 Å². The number of anilines is 1. The highest BCUT2D eigenvalue weighted by atomic mass is 35.5. The number of rotatable bonds is 2. The molecule has 16 heavy (non-hydrogen) atoms. The standard InChI is InChI=1S/C10H13Cl2N3O/c11-9-5-8(10(12)14-13-9)15-3-1-7(6-16)2-4-15/h5,7,16H,1-4,6H2. The van der Waals surface area contributed by atoms with Gasteiger partial charge in [-0.2, -0.15) is 0 Å². The number of aliphatic hydroxyl groups excluding tert-OH is 1. The molecule has 0 bridgehead atoms. The highest BCUT2D eigenvalue weighted by Gasteiger charge is 2.21. The van der Waals surface area contributed by atoms with Crippen molar-refractivity contribution in [2.75, 3.05) is 24.6 Å². The van der Waals surface area contributed by atoms with Crippen LogP contribution in [0.25, 0.3) is 0 Å². The Labute approximate surface area is 104 Å². The second kappa shape index (κ2) is 5.17. The zero-order valence-corrected chi connectivity index (χ0v) is 10.2. The molecule has 0 saturated carbocycles. The van der Waals surface area contributed by atoms with Gasteiger partial charge in [0, 0.05) is 25.8 Å². The van der Waals surface area contributed by atoms with Gasteiger partial charge in [0.05, 0.1) is 5.69 Å². The smallest absolute Gasteiger partial charge is 0.175 e. The molecule has 0 spiro atoms. The van der Waals surface area contributed by atoms with Crippen LogP contribution in [0.15, 0.2) is 6.07 Å². The van der Waals surface area contributed by atoms with Gasteiger partial charge in [-0.15, -0.1) is 10.2 Å². The van der Waals surface area contributed by atoms with E-state index in [9.17, 15) is 0 Å². The fourth-order valence-electron chi connectivity index (χ4n) is 1.92. The molecule has 0 aromatic carbocycles. The van der Waals surface area contributed by atoms with E-state index in [1.165, 1.54) is 0 Å². The topological polar surface area (TPSA) is 49.2 Å². The van der Waals surface area contributed by atoms with Crippen LogP contribution in [0.1, 0.15) is 12.8 Å². The molecule has 1 N–H and O–H groups in total. The quantitative estimate of drug-likeness (QED) is 0.885.